The van der Waals surface area contributed by atoms with Gasteiger partial charge in [-0.25, -0.2) is 0 Å². The smallest absolute Gasteiger partial charge is 0.136 e. The van der Waals surface area contributed by atoms with Crippen molar-refractivity contribution in [1.29, 1.82) is 0 Å². The molecule has 0 N–H and O–H groups in total. The van der Waals surface area contributed by atoms with Crippen LogP contribution in [-0.4, -0.2) is 15.7 Å². The van der Waals surface area contributed by atoms with Crippen molar-refractivity contribution in [3.8, 4) is 0 Å². The highest BCUT2D eigenvalue weighted by atomic mass is 32.2. The predicted octanol–water partition coefficient (Wildman–Crippen LogP) is 2.94. The minimum atomic E-state index is -0.952. The zero-order valence-corrected chi connectivity index (χ0v) is 10.7. The topological polar surface area (TPSA) is 34.1 Å². The molecular weight excluding hydrogens is 232 g/mol. The molecule has 1 aromatic carbocycles. The maximum absolute atomic E-state index is 12.0. The Labute approximate surface area is 105 Å². The van der Waals surface area contributed by atoms with Gasteiger partial charge in [0.2, 0.25) is 0 Å². The third-order valence-corrected chi connectivity index (χ3v) is 4.74. The Morgan fingerprint density at radius 3 is 2.65 bits per heavy atom. The van der Waals surface area contributed by atoms with Crippen LogP contribution in [0.25, 0.3) is 0 Å². The van der Waals surface area contributed by atoms with Crippen LogP contribution < -0.4 is 0 Å². The first-order valence-corrected chi connectivity index (χ1v) is 7.55. The quantitative estimate of drug-likeness (QED) is 0.823. The molecule has 3 heteroatoms. The van der Waals surface area contributed by atoms with Crippen LogP contribution in [0.1, 0.15) is 32.1 Å². The Bertz CT molecular complexity index is 400. The van der Waals surface area contributed by atoms with Gasteiger partial charge in [0.15, 0.2) is 0 Å². The van der Waals surface area contributed by atoms with Crippen LogP contribution in [0.15, 0.2) is 35.2 Å². The Hall–Kier alpha value is -0.960. The molecule has 0 bridgehead atoms. The third kappa shape index (κ3) is 3.50. The molecule has 0 radical (unpaired) electrons. The molecule has 0 saturated heterocycles. The van der Waals surface area contributed by atoms with Crippen LogP contribution in [0.3, 0.4) is 0 Å². The highest BCUT2D eigenvalue weighted by Gasteiger charge is 2.22. The van der Waals surface area contributed by atoms with E-state index in [1.807, 2.05) is 30.3 Å². The van der Waals surface area contributed by atoms with Crippen molar-refractivity contribution in [1.82, 2.24) is 0 Å². The number of rotatable bonds is 4. The molecule has 2 nitrogen and oxygen atoms in total. The lowest BCUT2D eigenvalue weighted by molar-refractivity contribution is -0.124. The zero-order chi connectivity index (χ0) is 12.1. The fourth-order valence-corrected chi connectivity index (χ4v) is 3.49. The molecule has 17 heavy (non-hydrogen) atoms. The molecule has 1 unspecified atom stereocenters. The van der Waals surface area contributed by atoms with E-state index < -0.39 is 10.8 Å². The molecule has 92 valence electrons. The lowest BCUT2D eigenvalue weighted by Crippen LogP contribution is -2.20. The largest absolute Gasteiger partial charge is 0.299 e. The maximum Gasteiger partial charge on any atom is 0.136 e. The van der Waals surface area contributed by atoms with Crippen molar-refractivity contribution >= 4 is 16.6 Å². The molecule has 0 aliphatic heterocycles. The van der Waals surface area contributed by atoms with E-state index in [2.05, 4.69) is 0 Å². The summed E-state index contributed by atoms with van der Waals surface area (Å²) in [5.74, 6) is 1.15. The third-order valence-electron chi connectivity index (χ3n) is 3.34. The van der Waals surface area contributed by atoms with Gasteiger partial charge in [-0.05, 0) is 31.4 Å². The summed E-state index contributed by atoms with van der Waals surface area (Å²) in [7, 11) is -0.952. The molecule has 1 saturated carbocycles. The molecule has 2 rings (SSSR count). The second-order valence-electron chi connectivity index (χ2n) is 4.56. The van der Waals surface area contributed by atoms with Gasteiger partial charge in [-0.2, -0.15) is 0 Å². The molecule has 1 aliphatic rings. The minimum Gasteiger partial charge on any atom is -0.299 e. The summed E-state index contributed by atoms with van der Waals surface area (Å²) in [6.07, 6.45) is 4.68. The van der Waals surface area contributed by atoms with Gasteiger partial charge in [-0.3, -0.25) is 9.00 Å². The zero-order valence-electron chi connectivity index (χ0n) is 9.93. The number of carbonyl (C=O) groups excluding carboxylic acids is 1. The second kappa shape index (κ2) is 6.10. The van der Waals surface area contributed by atoms with Crippen LogP contribution in [0.5, 0.6) is 0 Å². The second-order valence-corrected chi connectivity index (χ2v) is 6.13. The minimum absolute atomic E-state index is 0.163. The van der Waals surface area contributed by atoms with E-state index in [0.29, 0.717) is 11.5 Å². The molecule has 1 aliphatic carbocycles. The van der Waals surface area contributed by atoms with E-state index in [4.69, 9.17) is 0 Å². The molecule has 0 heterocycles. The normalized spacial score (nSPS) is 22.4. The summed E-state index contributed by atoms with van der Waals surface area (Å²) in [5, 5.41) is 0. The number of hydrogen-bond acceptors (Lipinski definition) is 2. The molecule has 0 aromatic heterocycles. The van der Waals surface area contributed by atoms with Crippen molar-refractivity contribution in [2.75, 3.05) is 5.75 Å². The van der Waals surface area contributed by atoms with Crippen molar-refractivity contribution in [3.05, 3.63) is 30.3 Å². The van der Waals surface area contributed by atoms with E-state index in [1.54, 1.807) is 0 Å². The van der Waals surface area contributed by atoms with Crippen LogP contribution in [0, 0.1) is 5.92 Å². The lowest BCUT2D eigenvalue weighted by atomic mass is 9.86. The lowest BCUT2D eigenvalue weighted by Gasteiger charge is -2.19. The summed E-state index contributed by atoms with van der Waals surface area (Å²) in [4.78, 5) is 12.5. The number of Topliss-reactive ketones (excluding diaryl/α,β-unsaturated/α-hetero) is 1. The van der Waals surface area contributed by atoms with Crippen LogP contribution >= 0.6 is 0 Å². The van der Waals surface area contributed by atoms with Crippen LogP contribution in [-0.2, 0) is 15.6 Å². The van der Waals surface area contributed by atoms with E-state index in [1.165, 1.54) is 0 Å². The summed E-state index contributed by atoms with van der Waals surface area (Å²) in [6, 6.07) is 9.50. The maximum atomic E-state index is 12.0. The average molecular weight is 250 g/mol. The van der Waals surface area contributed by atoms with Crippen LogP contribution in [0.2, 0.25) is 0 Å². The first kappa shape index (κ1) is 12.5. The fourth-order valence-electron chi connectivity index (χ4n) is 2.30. The molecule has 0 spiro atoms. The molecule has 1 fully saturated rings. The fraction of sp³-hybridized carbons (Fsp3) is 0.500. The molecule has 1 aromatic rings. The van der Waals surface area contributed by atoms with Gasteiger partial charge in [-0.15, -0.1) is 0 Å². The predicted molar refractivity (Wildman–Crippen MR) is 69.3 cm³/mol. The van der Waals surface area contributed by atoms with Gasteiger partial charge < -0.3 is 0 Å². The van der Waals surface area contributed by atoms with Gasteiger partial charge >= 0.3 is 0 Å². The highest BCUT2D eigenvalue weighted by Crippen LogP contribution is 2.24. The Morgan fingerprint density at radius 1 is 1.18 bits per heavy atom. The summed E-state index contributed by atoms with van der Waals surface area (Å²) in [5.41, 5.74) is 0. The Morgan fingerprint density at radius 2 is 1.94 bits per heavy atom. The van der Waals surface area contributed by atoms with Crippen molar-refractivity contribution in [2.24, 2.45) is 5.92 Å². The van der Waals surface area contributed by atoms with Crippen molar-refractivity contribution in [3.63, 3.8) is 0 Å². The first-order valence-electron chi connectivity index (χ1n) is 6.23. The average Bonchev–Trinajstić information content (AvgIpc) is 2.38. The van der Waals surface area contributed by atoms with E-state index >= 15 is 0 Å². The molecule has 0 amide bonds. The Kier molecular flexibility index (Phi) is 4.49. The van der Waals surface area contributed by atoms with Gasteiger partial charge in [-0.1, -0.05) is 24.6 Å². The first-order chi connectivity index (χ1) is 8.27. The van der Waals surface area contributed by atoms with E-state index in [9.17, 15) is 9.00 Å². The van der Waals surface area contributed by atoms with Crippen molar-refractivity contribution < 1.29 is 9.00 Å². The van der Waals surface area contributed by atoms with E-state index in [0.717, 1.165) is 37.0 Å². The number of carbonyl (C=O) groups is 1. The monoisotopic (exact) mass is 250 g/mol. The number of ketones is 1. The number of hydrogen-bond donors (Lipinski definition) is 0. The van der Waals surface area contributed by atoms with Gasteiger partial charge in [0.25, 0.3) is 0 Å². The van der Waals surface area contributed by atoms with Crippen molar-refractivity contribution in [2.45, 2.75) is 37.0 Å². The summed E-state index contributed by atoms with van der Waals surface area (Å²) < 4.78 is 12.0. The molecule has 2 atom stereocenters. The highest BCUT2D eigenvalue weighted by molar-refractivity contribution is 7.85. The summed E-state index contributed by atoms with van der Waals surface area (Å²) >= 11 is 0. The van der Waals surface area contributed by atoms with E-state index in [-0.39, 0.29) is 5.92 Å². The summed E-state index contributed by atoms with van der Waals surface area (Å²) in [6.45, 7) is 0. The van der Waals surface area contributed by atoms with Gasteiger partial charge in [0, 0.05) is 23.0 Å². The Balaban J connectivity index is 1.86. The number of benzene rings is 1. The van der Waals surface area contributed by atoms with Gasteiger partial charge in [0.1, 0.15) is 5.78 Å². The van der Waals surface area contributed by atoms with Gasteiger partial charge in [0.05, 0.1) is 10.8 Å². The SMILES string of the molecule is O=C1CCCC[C@@H]1CCS(=O)c1ccccc1. The van der Waals surface area contributed by atoms with Crippen LogP contribution in [0.4, 0.5) is 0 Å². The molecular formula is C14H18O2S. The standard InChI is InChI=1S/C14H18O2S/c15-14-9-5-4-6-12(14)10-11-17(16)13-7-2-1-3-8-13/h1-3,7-8,12H,4-6,9-11H2/t12-,17?/m1/s1.